The molecule has 5 nitrogen and oxygen atoms in total. The van der Waals surface area contributed by atoms with Gasteiger partial charge in [0.1, 0.15) is 11.8 Å². The quantitative estimate of drug-likeness (QED) is 0.697. The number of carbonyl (C=O) groups excluding carboxylic acids is 2. The average Bonchev–Trinajstić information content (AvgIpc) is 2.67. The van der Waals surface area contributed by atoms with Gasteiger partial charge in [-0.3, -0.25) is 9.59 Å². The molecule has 28 heavy (non-hydrogen) atoms. The van der Waals surface area contributed by atoms with E-state index in [4.69, 9.17) is 4.74 Å². The van der Waals surface area contributed by atoms with Crippen molar-refractivity contribution in [3.05, 3.63) is 65.2 Å². The Balaban J connectivity index is 1.94. The highest BCUT2D eigenvalue weighted by molar-refractivity contribution is 5.98. The number of ether oxygens (including phenoxy) is 1. The van der Waals surface area contributed by atoms with Crippen molar-refractivity contribution in [3.8, 4) is 5.75 Å². The molecule has 2 rings (SSSR count). The van der Waals surface area contributed by atoms with Crippen molar-refractivity contribution >= 4 is 11.8 Å². The molecule has 2 aromatic carbocycles. The van der Waals surface area contributed by atoms with E-state index in [1.807, 2.05) is 63.2 Å². The molecule has 0 aromatic heterocycles. The summed E-state index contributed by atoms with van der Waals surface area (Å²) in [5, 5.41) is 5.85. The maximum absolute atomic E-state index is 12.7. The molecule has 1 atom stereocenters. The van der Waals surface area contributed by atoms with Crippen LogP contribution < -0.4 is 15.4 Å². The zero-order valence-corrected chi connectivity index (χ0v) is 17.1. The first-order valence-corrected chi connectivity index (χ1v) is 9.67. The van der Waals surface area contributed by atoms with Crippen LogP contribution in [0.15, 0.2) is 48.5 Å². The minimum Gasteiger partial charge on any atom is -0.497 e. The van der Waals surface area contributed by atoms with Crippen LogP contribution in [0.5, 0.6) is 5.75 Å². The summed E-state index contributed by atoms with van der Waals surface area (Å²) in [6.45, 7) is 6.48. The smallest absolute Gasteiger partial charge is 0.252 e. The Morgan fingerprint density at radius 3 is 2.32 bits per heavy atom. The second kappa shape index (κ2) is 10.5. The minimum absolute atomic E-state index is 0.149. The molecule has 2 aromatic rings. The Hall–Kier alpha value is -2.82. The third kappa shape index (κ3) is 6.41. The number of amides is 2. The topological polar surface area (TPSA) is 67.4 Å². The fourth-order valence-electron chi connectivity index (χ4n) is 3.01. The molecule has 2 N–H and O–H groups in total. The molecular weight excluding hydrogens is 352 g/mol. The number of nitrogens with one attached hydrogen (secondary N) is 2. The molecule has 0 aliphatic rings. The molecule has 0 spiro atoms. The number of hydrogen-bond donors (Lipinski definition) is 2. The van der Waals surface area contributed by atoms with Gasteiger partial charge in [-0.05, 0) is 55.0 Å². The molecular formula is C23H30N2O3. The summed E-state index contributed by atoms with van der Waals surface area (Å²) in [7, 11) is 1.63. The third-order valence-electron chi connectivity index (χ3n) is 4.59. The van der Waals surface area contributed by atoms with E-state index in [2.05, 4.69) is 10.6 Å². The highest BCUT2D eigenvalue weighted by atomic mass is 16.5. The summed E-state index contributed by atoms with van der Waals surface area (Å²) in [5.41, 5.74) is 2.61. The van der Waals surface area contributed by atoms with Crippen LogP contribution in [0.25, 0.3) is 0 Å². The average molecular weight is 383 g/mol. The number of hydrogen-bond acceptors (Lipinski definition) is 3. The Labute approximate surface area is 167 Å². The normalized spacial score (nSPS) is 11.8. The molecule has 150 valence electrons. The van der Waals surface area contributed by atoms with Gasteiger partial charge in [-0.2, -0.15) is 0 Å². The van der Waals surface area contributed by atoms with Crippen LogP contribution in [0, 0.1) is 12.8 Å². The van der Waals surface area contributed by atoms with Crippen molar-refractivity contribution in [3.63, 3.8) is 0 Å². The monoisotopic (exact) mass is 382 g/mol. The standard InChI is InChI=1S/C23H30N2O3/c1-16(2)15-21(25-22(26)20-8-6-5-7-17(20)3)23(27)24-14-13-18-9-11-19(28-4)12-10-18/h5-12,16,21H,13-15H2,1-4H3,(H,24,27)(H,25,26). The van der Waals surface area contributed by atoms with Crippen molar-refractivity contribution in [1.82, 2.24) is 10.6 Å². The largest absolute Gasteiger partial charge is 0.497 e. The van der Waals surface area contributed by atoms with Gasteiger partial charge in [-0.1, -0.05) is 44.2 Å². The number of carbonyl (C=O) groups is 2. The lowest BCUT2D eigenvalue weighted by atomic mass is 10.0. The lowest BCUT2D eigenvalue weighted by Gasteiger charge is -2.21. The molecule has 5 heteroatoms. The van der Waals surface area contributed by atoms with E-state index in [0.29, 0.717) is 18.5 Å². The first-order valence-electron chi connectivity index (χ1n) is 9.67. The molecule has 2 amide bonds. The van der Waals surface area contributed by atoms with Gasteiger partial charge in [-0.25, -0.2) is 0 Å². The van der Waals surface area contributed by atoms with Crippen LogP contribution in [-0.2, 0) is 11.2 Å². The summed E-state index contributed by atoms with van der Waals surface area (Å²) in [6.07, 6.45) is 1.31. The predicted molar refractivity (Wildman–Crippen MR) is 112 cm³/mol. The summed E-state index contributed by atoms with van der Waals surface area (Å²) >= 11 is 0. The van der Waals surface area contributed by atoms with Gasteiger partial charge in [0.05, 0.1) is 7.11 Å². The molecule has 0 radical (unpaired) electrons. The van der Waals surface area contributed by atoms with Gasteiger partial charge < -0.3 is 15.4 Å². The molecule has 0 saturated heterocycles. The fourth-order valence-corrected chi connectivity index (χ4v) is 3.01. The maximum Gasteiger partial charge on any atom is 0.252 e. The van der Waals surface area contributed by atoms with Crippen LogP contribution in [0.3, 0.4) is 0 Å². The number of methoxy groups -OCH3 is 1. The first kappa shape index (κ1) is 21.5. The second-order valence-electron chi connectivity index (χ2n) is 7.36. The van der Waals surface area contributed by atoms with Crippen molar-refractivity contribution < 1.29 is 14.3 Å². The van der Waals surface area contributed by atoms with E-state index >= 15 is 0 Å². The molecule has 1 unspecified atom stereocenters. The van der Waals surface area contributed by atoms with Crippen molar-refractivity contribution in [2.75, 3.05) is 13.7 Å². The van der Waals surface area contributed by atoms with Gasteiger partial charge in [0.15, 0.2) is 0 Å². The van der Waals surface area contributed by atoms with E-state index in [9.17, 15) is 9.59 Å². The molecule has 0 aliphatic carbocycles. The number of rotatable bonds is 9. The minimum atomic E-state index is -0.553. The number of benzene rings is 2. The molecule has 0 fully saturated rings. The molecule has 0 heterocycles. The lowest BCUT2D eigenvalue weighted by molar-refractivity contribution is -0.123. The fraction of sp³-hybridized carbons (Fsp3) is 0.391. The van der Waals surface area contributed by atoms with Crippen molar-refractivity contribution in [2.45, 2.75) is 39.7 Å². The second-order valence-corrected chi connectivity index (χ2v) is 7.36. The zero-order chi connectivity index (χ0) is 20.5. The van der Waals surface area contributed by atoms with Gasteiger partial charge in [0, 0.05) is 12.1 Å². The summed E-state index contributed by atoms with van der Waals surface area (Å²) in [4.78, 5) is 25.3. The van der Waals surface area contributed by atoms with Crippen LogP contribution in [0.2, 0.25) is 0 Å². The number of aryl methyl sites for hydroxylation is 1. The van der Waals surface area contributed by atoms with E-state index in [-0.39, 0.29) is 17.7 Å². The van der Waals surface area contributed by atoms with Crippen LogP contribution in [0.4, 0.5) is 0 Å². The van der Waals surface area contributed by atoms with Crippen LogP contribution in [-0.4, -0.2) is 31.5 Å². The van der Waals surface area contributed by atoms with Crippen molar-refractivity contribution in [1.29, 1.82) is 0 Å². The highest BCUT2D eigenvalue weighted by Gasteiger charge is 2.22. The van der Waals surface area contributed by atoms with E-state index in [0.717, 1.165) is 23.3 Å². The van der Waals surface area contributed by atoms with Gasteiger partial charge in [0.25, 0.3) is 5.91 Å². The highest BCUT2D eigenvalue weighted by Crippen LogP contribution is 2.12. The predicted octanol–water partition coefficient (Wildman–Crippen LogP) is 3.51. The summed E-state index contributed by atoms with van der Waals surface area (Å²) < 4.78 is 5.15. The third-order valence-corrected chi connectivity index (χ3v) is 4.59. The summed E-state index contributed by atoms with van der Waals surface area (Å²) in [5.74, 6) is 0.733. The zero-order valence-electron chi connectivity index (χ0n) is 17.1. The van der Waals surface area contributed by atoms with E-state index in [1.54, 1.807) is 13.2 Å². The van der Waals surface area contributed by atoms with Crippen LogP contribution in [0.1, 0.15) is 41.8 Å². The Morgan fingerprint density at radius 1 is 1.04 bits per heavy atom. The molecule has 0 saturated carbocycles. The van der Waals surface area contributed by atoms with E-state index < -0.39 is 6.04 Å². The van der Waals surface area contributed by atoms with Crippen LogP contribution >= 0.6 is 0 Å². The van der Waals surface area contributed by atoms with E-state index in [1.165, 1.54) is 0 Å². The first-order chi connectivity index (χ1) is 13.4. The molecule has 0 bridgehead atoms. The Kier molecular flexibility index (Phi) is 8.05. The maximum atomic E-state index is 12.7. The van der Waals surface area contributed by atoms with Gasteiger partial charge >= 0.3 is 0 Å². The summed E-state index contributed by atoms with van der Waals surface area (Å²) in [6, 6.07) is 14.6. The molecule has 0 aliphatic heterocycles. The van der Waals surface area contributed by atoms with Gasteiger partial charge in [-0.15, -0.1) is 0 Å². The Bertz CT molecular complexity index is 785. The lowest BCUT2D eigenvalue weighted by Crippen LogP contribution is -2.48. The van der Waals surface area contributed by atoms with Crippen molar-refractivity contribution in [2.24, 2.45) is 5.92 Å². The SMILES string of the molecule is COc1ccc(CCNC(=O)C(CC(C)C)NC(=O)c2ccccc2C)cc1. The Morgan fingerprint density at radius 2 is 1.71 bits per heavy atom. The van der Waals surface area contributed by atoms with Gasteiger partial charge in [0.2, 0.25) is 5.91 Å².